The van der Waals surface area contributed by atoms with E-state index >= 15 is 0 Å². The lowest BCUT2D eigenvalue weighted by atomic mass is 10.1. The molecule has 0 aromatic carbocycles. The van der Waals surface area contributed by atoms with Gasteiger partial charge in [-0.05, 0) is 25.2 Å². The first-order valence-corrected chi connectivity index (χ1v) is 9.14. The van der Waals surface area contributed by atoms with E-state index in [0.717, 1.165) is 43.3 Å². The molecule has 1 aliphatic heterocycles. The minimum absolute atomic E-state index is 0.0881. The van der Waals surface area contributed by atoms with E-state index in [0.29, 0.717) is 23.4 Å². The highest BCUT2D eigenvalue weighted by Gasteiger charge is 2.17. The maximum absolute atomic E-state index is 13.4. The first-order chi connectivity index (χ1) is 13.6. The molecule has 7 nitrogen and oxygen atoms in total. The van der Waals surface area contributed by atoms with Crippen molar-refractivity contribution in [3.05, 3.63) is 48.8 Å². The summed E-state index contributed by atoms with van der Waals surface area (Å²) in [6, 6.07) is 5.08. The fraction of sp³-hybridized carbons (Fsp3) is 0.300. The van der Waals surface area contributed by atoms with Crippen LogP contribution in [0, 0.1) is 5.82 Å². The Morgan fingerprint density at radius 1 is 1.04 bits per heavy atom. The summed E-state index contributed by atoms with van der Waals surface area (Å²) >= 11 is 0. The fourth-order valence-electron chi connectivity index (χ4n) is 3.22. The number of fused-ring (bicyclic) bond motifs is 1. The summed E-state index contributed by atoms with van der Waals surface area (Å²) in [5, 5.41) is 3.67. The maximum Gasteiger partial charge on any atom is 0.239 e. The van der Waals surface area contributed by atoms with E-state index in [2.05, 4.69) is 37.1 Å². The van der Waals surface area contributed by atoms with Crippen LogP contribution in [0.5, 0.6) is 0 Å². The molecule has 0 bridgehead atoms. The minimum Gasteiger partial charge on any atom is -0.310 e. The highest BCUT2D eigenvalue weighted by molar-refractivity contribution is 5.93. The highest BCUT2D eigenvalue weighted by Crippen LogP contribution is 2.23. The van der Waals surface area contributed by atoms with Gasteiger partial charge in [-0.3, -0.25) is 19.7 Å². The van der Waals surface area contributed by atoms with Gasteiger partial charge in [-0.2, -0.15) is 0 Å². The quantitative estimate of drug-likeness (QED) is 0.747. The Morgan fingerprint density at radius 2 is 1.82 bits per heavy atom. The Labute approximate surface area is 162 Å². The lowest BCUT2D eigenvalue weighted by Gasteiger charge is -2.31. The smallest absolute Gasteiger partial charge is 0.239 e. The monoisotopic (exact) mass is 380 g/mol. The van der Waals surface area contributed by atoms with Gasteiger partial charge in [-0.25, -0.2) is 9.37 Å². The van der Waals surface area contributed by atoms with Crippen LogP contribution in [0.25, 0.3) is 22.0 Å². The zero-order valence-corrected chi connectivity index (χ0v) is 15.6. The van der Waals surface area contributed by atoms with E-state index in [4.69, 9.17) is 0 Å². The Balaban J connectivity index is 1.49. The minimum atomic E-state index is -0.399. The fourth-order valence-corrected chi connectivity index (χ4v) is 3.22. The predicted molar refractivity (Wildman–Crippen MR) is 105 cm³/mol. The molecule has 0 spiro atoms. The van der Waals surface area contributed by atoms with Gasteiger partial charge in [-0.1, -0.05) is 0 Å². The van der Waals surface area contributed by atoms with E-state index in [1.165, 1.54) is 6.07 Å². The van der Waals surface area contributed by atoms with Crippen LogP contribution in [0.4, 0.5) is 10.2 Å². The number of pyridine rings is 3. The third kappa shape index (κ3) is 4.29. The molecule has 0 unspecified atom stereocenters. The molecule has 4 rings (SSSR count). The molecule has 1 fully saturated rings. The van der Waals surface area contributed by atoms with Crippen molar-refractivity contribution < 1.29 is 9.18 Å². The van der Waals surface area contributed by atoms with Crippen molar-refractivity contribution in [3.63, 3.8) is 0 Å². The molecule has 144 valence electrons. The number of carbonyl (C=O) groups is 1. The second-order valence-corrected chi connectivity index (χ2v) is 7.01. The number of halogens is 1. The third-order valence-corrected chi connectivity index (χ3v) is 4.84. The summed E-state index contributed by atoms with van der Waals surface area (Å²) in [5.74, 6) is -0.0121. The first kappa shape index (κ1) is 18.4. The molecule has 0 atom stereocenters. The van der Waals surface area contributed by atoms with Crippen LogP contribution in [0.2, 0.25) is 0 Å². The number of aromatic nitrogens is 3. The van der Waals surface area contributed by atoms with Crippen LogP contribution in [-0.2, 0) is 4.79 Å². The molecule has 0 saturated carbocycles. The molecule has 1 N–H and O–H groups in total. The van der Waals surface area contributed by atoms with E-state index in [1.54, 1.807) is 24.7 Å². The summed E-state index contributed by atoms with van der Waals surface area (Å²) in [6.45, 7) is 4.03. The first-order valence-electron chi connectivity index (χ1n) is 9.14. The van der Waals surface area contributed by atoms with Crippen molar-refractivity contribution in [2.75, 3.05) is 45.1 Å². The summed E-state index contributed by atoms with van der Waals surface area (Å²) in [6.07, 6.45) is 6.03. The van der Waals surface area contributed by atoms with Gasteiger partial charge in [0.25, 0.3) is 0 Å². The van der Waals surface area contributed by atoms with Gasteiger partial charge in [0.15, 0.2) is 0 Å². The summed E-state index contributed by atoms with van der Waals surface area (Å²) in [4.78, 5) is 29.3. The van der Waals surface area contributed by atoms with Gasteiger partial charge in [0.2, 0.25) is 5.91 Å². The normalized spacial score (nSPS) is 15.6. The largest absolute Gasteiger partial charge is 0.310 e. The van der Waals surface area contributed by atoms with Crippen molar-refractivity contribution in [2.24, 2.45) is 0 Å². The average Bonchev–Trinajstić information content (AvgIpc) is 2.69. The average molecular weight is 380 g/mol. The van der Waals surface area contributed by atoms with E-state index in [9.17, 15) is 9.18 Å². The topological polar surface area (TPSA) is 74.2 Å². The van der Waals surface area contributed by atoms with Crippen LogP contribution in [0.3, 0.4) is 0 Å². The third-order valence-electron chi connectivity index (χ3n) is 4.84. The van der Waals surface area contributed by atoms with Crippen molar-refractivity contribution in [2.45, 2.75) is 0 Å². The van der Waals surface area contributed by atoms with Gasteiger partial charge in [0.1, 0.15) is 11.6 Å². The predicted octanol–water partition coefficient (Wildman–Crippen LogP) is 2.02. The lowest BCUT2D eigenvalue weighted by Crippen LogP contribution is -2.47. The number of nitrogens with one attached hydrogen (secondary N) is 1. The molecular weight excluding hydrogens is 359 g/mol. The molecule has 4 heterocycles. The standard InChI is InChI=1S/C20H21FN6O/c1-26-2-4-27(5-3-26)13-20(28)25-19-8-14-6-15(10-23-18(14)12-24-19)16-7-17(21)11-22-9-16/h6-12H,2-5,13H2,1H3,(H,24,25,28). The van der Waals surface area contributed by atoms with Gasteiger partial charge in [0.05, 0.1) is 24.5 Å². The zero-order valence-electron chi connectivity index (χ0n) is 15.6. The maximum atomic E-state index is 13.4. The van der Waals surface area contributed by atoms with Crippen molar-refractivity contribution in [3.8, 4) is 11.1 Å². The Hall–Kier alpha value is -2.97. The van der Waals surface area contributed by atoms with Crippen LogP contribution >= 0.6 is 0 Å². The van der Waals surface area contributed by atoms with E-state index < -0.39 is 5.82 Å². The molecule has 1 amide bonds. The number of anilines is 1. The van der Waals surface area contributed by atoms with Crippen LogP contribution in [0.1, 0.15) is 0 Å². The lowest BCUT2D eigenvalue weighted by molar-refractivity contribution is -0.117. The molecule has 3 aromatic heterocycles. The molecule has 0 radical (unpaired) electrons. The number of rotatable bonds is 4. The molecule has 0 aliphatic carbocycles. The molecular formula is C20H21FN6O. The Bertz CT molecular complexity index is 1000. The van der Waals surface area contributed by atoms with E-state index in [1.807, 2.05) is 6.07 Å². The number of hydrogen-bond acceptors (Lipinski definition) is 6. The zero-order chi connectivity index (χ0) is 19.5. The number of amides is 1. The van der Waals surface area contributed by atoms with Gasteiger partial charge >= 0.3 is 0 Å². The molecule has 8 heteroatoms. The summed E-state index contributed by atoms with van der Waals surface area (Å²) in [7, 11) is 2.08. The van der Waals surface area contributed by atoms with Gasteiger partial charge in [0, 0.05) is 55.1 Å². The number of carbonyl (C=O) groups excluding carboxylic acids is 1. The number of piperazine rings is 1. The van der Waals surface area contributed by atoms with Gasteiger partial charge < -0.3 is 10.2 Å². The Morgan fingerprint density at radius 3 is 2.61 bits per heavy atom. The molecule has 28 heavy (non-hydrogen) atoms. The van der Waals surface area contributed by atoms with Crippen molar-refractivity contribution in [1.82, 2.24) is 24.8 Å². The SMILES string of the molecule is CN1CCN(CC(=O)Nc2cc3cc(-c4cncc(F)c4)cnc3cn2)CC1. The van der Waals surface area contributed by atoms with Crippen LogP contribution < -0.4 is 5.32 Å². The highest BCUT2D eigenvalue weighted by atomic mass is 19.1. The van der Waals surface area contributed by atoms with Crippen LogP contribution in [0.15, 0.2) is 43.0 Å². The molecule has 1 aliphatic rings. The van der Waals surface area contributed by atoms with Crippen molar-refractivity contribution >= 4 is 22.6 Å². The number of hydrogen-bond donors (Lipinski definition) is 1. The molecule has 3 aromatic rings. The Kier molecular flexibility index (Phi) is 5.23. The van der Waals surface area contributed by atoms with Crippen molar-refractivity contribution in [1.29, 1.82) is 0 Å². The number of nitrogens with zero attached hydrogens (tertiary/aromatic N) is 5. The summed E-state index contributed by atoms with van der Waals surface area (Å²) < 4.78 is 13.4. The second-order valence-electron chi connectivity index (χ2n) is 7.01. The summed E-state index contributed by atoms with van der Waals surface area (Å²) in [5.41, 5.74) is 2.09. The van der Waals surface area contributed by atoms with Gasteiger partial charge in [-0.15, -0.1) is 0 Å². The number of likely N-dealkylation sites (N-methyl/N-ethyl adjacent to an activating group) is 1. The molecule has 1 saturated heterocycles. The van der Waals surface area contributed by atoms with Crippen LogP contribution in [-0.4, -0.2) is 70.4 Å². The second kappa shape index (κ2) is 7.95. The van der Waals surface area contributed by atoms with E-state index in [-0.39, 0.29) is 5.91 Å².